The van der Waals surface area contributed by atoms with Crippen LogP contribution in [0.5, 0.6) is 23.0 Å². The first-order valence-corrected chi connectivity index (χ1v) is 6.77. The number of phenolic OH excluding ortho intramolecular Hbond substituents is 4. The van der Waals surface area contributed by atoms with E-state index in [1.165, 1.54) is 0 Å². The van der Waals surface area contributed by atoms with Gasteiger partial charge < -0.3 is 25.2 Å². The zero-order valence-electron chi connectivity index (χ0n) is 12.2. The van der Waals surface area contributed by atoms with Crippen LogP contribution in [0.15, 0.2) is 0 Å². The van der Waals surface area contributed by atoms with Gasteiger partial charge in [-0.1, -0.05) is 13.8 Å². The van der Waals surface area contributed by atoms with Gasteiger partial charge in [0.2, 0.25) is 11.5 Å². The lowest BCUT2D eigenvalue weighted by Crippen LogP contribution is -2.35. The van der Waals surface area contributed by atoms with E-state index >= 15 is 0 Å². The van der Waals surface area contributed by atoms with Crippen molar-refractivity contribution in [3.05, 3.63) is 11.1 Å². The summed E-state index contributed by atoms with van der Waals surface area (Å²) in [6.07, 6.45) is 0. The van der Waals surface area contributed by atoms with Gasteiger partial charge >= 0.3 is 0 Å². The van der Waals surface area contributed by atoms with Crippen LogP contribution in [0.1, 0.15) is 25.0 Å². The van der Waals surface area contributed by atoms with Gasteiger partial charge in [-0.25, -0.2) is 0 Å². The summed E-state index contributed by atoms with van der Waals surface area (Å²) in [5.41, 5.74) is 0.791. The van der Waals surface area contributed by atoms with Crippen LogP contribution in [0.2, 0.25) is 0 Å². The van der Waals surface area contributed by atoms with Gasteiger partial charge in [0.15, 0.2) is 11.5 Å². The Morgan fingerprint density at radius 2 is 1.40 bits per heavy atom. The molecule has 0 spiro atoms. The van der Waals surface area contributed by atoms with Crippen molar-refractivity contribution in [3.8, 4) is 23.0 Å². The van der Waals surface area contributed by atoms with E-state index in [0.717, 1.165) is 13.1 Å². The minimum atomic E-state index is -0.685. The van der Waals surface area contributed by atoms with Crippen LogP contribution in [-0.2, 0) is 11.3 Å². The Morgan fingerprint density at radius 3 is 1.95 bits per heavy atom. The van der Waals surface area contributed by atoms with E-state index in [1.807, 2.05) is 18.7 Å². The molecule has 1 aliphatic rings. The third-order valence-electron chi connectivity index (χ3n) is 3.25. The van der Waals surface area contributed by atoms with Crippen LogP contribution in [0.3, 0.4) is 0 Å². The smallest absolute Gasteiger partial charge is 0.204 e. The molecule has 0 aromatic heterocycles. The highest BCUT2D eigenvalue weighted by Gasteiger charge is 2.22. The monoisotopic (exact) mass is 285 g/mol. The van der Waals surface area contributed by atoms with Gasteiger partial charge in [-0.3, -0.25) is 4.90 Å². The normalized spacial score (nSPS) is 15.6. The fourth-order valence-electron chi connectivity index (χ4n) is 2.04. The molecule has 1 aliphatic heterocycles. The Bertz CT molecular complexity index is 426. The maximum atomic E-state index is 9.84. The highest BCUT2D eigenvalue weighted by molar-refractivity contribution is 5.64. The SMILES string of the molecule is CC.Cc1c(O)c(O)c(O)c(O)c1CN1CCOCC1. The van der Waals surface area contributed by atoms with Gasteiger partial charge in [-0.05, 0) is 6.92 Å². The van der Waals surface area contributed by atoms with E-state index < -0.39 is 17.2 Å². The predicted octanol–water partition coefficient (Wildman–Crippen LogP) is 1.68. The van der Waals surface area contributed by atoms with Crippen molar-refractivity contribution >= 4 is 0 Å². The molecule has 6 heteroatoms. The zero-order chi connectivity index (χ0) is 15.3. The van der Waals surface area contributed by atoms with E-state index in [4.69, 9.17) is 4.74 Å². The summed E-state index contributed by atoms with van der Waals surface area (Å²) in [5.74, 6) is -2.14. The van der Waals surface area contributed by atoms with Gasteiger partial charge in [0.05, 0.1) is 13.2 Å². The van der Waals surface area contributed by atoms with Crippen molar-refractivity contribution in [2.24, 2.45) is 0 Å². The third-order valence-corrected chi connectivity index (χ3v) is 3.25. The second kappa shape index (κ2) is 7.21. The summed E-state index contributed by atoms with van der Waals surface area (Å²) >= 11 is 0. The highest BCUT2D eigenvalue weighted by Crippen LogP contribution is 2.47. The first-order valence-electron chi connectivity index (χ1n) is 6.77. The number of morpholine rings is 1. The molecule has 0 saturated carbocycles. The zero-order valence-corrected chi connectivity index (χ0v) is 12.2. The molecule has 4 N–H and O–H groups in total. The quantitative estimate of drug-likeness (QED) is 0.488. The third kappa shape index (κ3) is 3.26. The van der Waals surface area contributed by atoms with E-state index in [2.05, 4.69) is 0 Å². The summed E-state index contributed by atoms with van der Waals surface area (Å²) in [6, 6.07) is 0. The average Bonchev–Trinajstić information content (AvgIpc) is 2.51. The molecule has 0 atom stereocenters. The fourth-order valence-corrected chi connectivity index (χ4v) is 2.04. The molecule has 114 valence electrons. The Morgan fingerprint density at radius 1 is 0.900 bits per heavy atom. The molecular formula is C14H23NO5. The molecule has 6 nitrogen and oxygen atoms in total. The molecular weight excluding hydrogens is 262 g/mol. The van der Waals surface area contributed by atoms with E-state index in [1.54, 1.807) is 6.92 Å². The van der Waals surface area contributed by atoms with Crippen molar-refractivity contribution < 1.29 is 25.2 Å². The second-order valence-electron chi connectivity index (χ2n) is 4.39. The van der Waals surface area contributed by atoms with Crippen molar-refractivity contribution in [2.75, 3.05) is 26.3 Å². The van der Waals surface area contributed by atoms with Crippen molar-refractivity contribution in [1.82, 2.24) is 4.90 Å². The van der Waals surface area contributed by atoms with Gasteiger partial charge in [0, 0.05) is 30.8 Å². The maximum absolute atomic E-state index is 9.84. The molecule has 1 aromatic carbocycles. The van der Waals surface area contributed by atoms with Crippen LogP contribution in [0.25, 0.3) is 0 Å². The minimum absolute atomic E-state index is 0.370. The first kappa shape index (κ1) is 16.4. The largest absolute Gasteiger partial charge is 0.504 e. The molecule has 2 rings (SSSR count). The molecule has 20 heavy (non-hydrogen) atoms. The summed E-state index contributed by atoms with van der Waals surface area (Å²) < 4.78 is 5.22. The van der Waals surface area contributed by atoms with E-state index in [9.17, 15) is 20.4 Å². The minimum Gasteiger partial charge on any atom is -0.504 e. The Kier molecular flexibility index (Phi) is 5.91. The predicted molar refractivity (Wildman–Crippen MR) is 75.3 cm³/mol. The number of rotatable bonds is 2. The summed E-state index contributed by atoms with van der Waals surface area (Å²) in [5, 5.41) is 38.4. The standard InChI is InChI=1S/C12H17NO5.C2H6/c1-7-8(6-13-2-4-18-5-3-13)10(15)12(17)11(16)9(7)14;1-2/h14-17H,2-6H2,1H3;1-2H3. The number of aromatic hydroxyl groups is 4. The average molecular weight is 285 g/mol. The summed E-state index contributed by atoms with van der Waals surface area (Å²) in [7, 11) is 0. The van der Waals surface area contributed by atoms with E-state index in [0.29, 0.717) is 30.9 Å². The lowest BCUT2D eigenvalue weighted by atomic mass is 10.0. The molecule has 0 unspecified atom stereocenters. The summed E-state index contributed by atoms with van der Waals surface area (Å²) in [6.45, 7) is 8.67. The van der Waals surface area contributed by atoms with Crippen LogP contribution >= 0.6 is 0 Å². The number of ether oxygens (including phenoxy) is 1. The molecule has 1 fully saturated rings. The van der Waals surface area contributed by atoms with Gasteiger partial charge in [0.25, 0.3) is 0 Å². The van der Waals surface area contributed by atoms with Crippen LogP contribution in [0, 0.1) is 6.92 Å². The van der Waals surface area contributed by atoms with Crippen molar-refractivity contribution in [2.45, 2.75) is 27.3 Å². The number of hydrogen-bond acceptors (Lipinski definition) is 6. The number of nitrogens with zero attached hydrogens (tertiary/aromatic N) is 1. The molecule has 0 bridgehead atoms. The van der Waals surface area contributed by atoms with E-state index in [-0.39, 0.29) is 5.75 Å². The van der Waals surface area contributed by atoms with Crippen LogP contribution in [0.4, 0.5) is 0 Å². The van der Waals surface area contributed by atoms with Gasteiger partial charge in [-0.15, -0.1) is 0 Å². The maximum Gasteiger partial charge on any atom is 0.204 e. The molecule has 1 heterocycles. The van der Waals surface area contributed by atoms with Crippen LogP contribution < -0.4 is 0 Å². The Labute approximate surface area is 118 Å². The topological polar surface area (TPSA) is 93.4 Å². The first-order chi connectivity index (χ1) is 9.52. The lowest BCUT2D eigenvalue weighted by molar-refractivity contribution is 0.0337. The second-order valence-corrected chi connectivity index (χ2v) is 4.39. The number of hydrogen-bond donors (Lipinski definition) is 4. The Hall–Kier alpha value is -1.66. The fraction of sp³-hybridized carbons (Fsp3) is 0.571. The lowest BCUT2D eigenvalue weighted by Gasteiger charge is -2.27. The molecule has 0 amide bonds. The molecule has 0 aliphatic carbocycles. The number of phenols is 4. The number of benzene rings is 1. The summed E-state index contributed by atoms with van der Waals surface area (Å²) in [4.78, 5) is 2.04. The van der Waals surface area contributed by atoms with Crippen molar-refractivity contribution in [3.63, 3.8) is 0 Å². The van der Waals surface area contributed by atoms with Crippen molar-refractivity contribution in [1.29, 1.82) is 0 Å². The van der Waals surface area contributed by atoms with Gasteiger partial charge in [-0.2, -0.15) is 0 Å². The van der Waals surface area contributed by atoms with Crippen LogP contribution in [-0.4, -0.2) is 51.6 Å². The molecule has 1 saturated heterocycles. The van der Waals surface area contributed by atoms with Gasteiger partial charge in [0.1, 0.15) is 0 Å². The molecule has 0 radical (unpaired) electrons. The highest BCUT2D eigenvalue weighted by atomic mass is 16.5. The Balaban J connectivity index is 0.000000956. The molecule has 1 aromatic rings.